The Balaban J connectivity index is 1.94. The van der Waals surface area contributed by atoms with E-state index in [0.29, 0.717) is 11.3 Å². The Hall–Kier alpha value is -1.74. The van der Waals surface area contributed by atoms with E-state index >= 15 is 0 Å². The topological polar surface area (TPSA) is 59.8 Å². The molecule has 0 saturated carbocycles. The maximum Gasteiger partial charge on any atom is 0.256 e. The van der Waals surface area contributed by atoms with Crippen LogP contribution in [0.2, 0.25) is 0 Å². The third-order valence-electron chi connectivity index (χ3n) is 2.99. The second-order valence-electron chi connectivity index (χ2n) is 4.44. The summed E-state index contributed by atoms with van der Waals surface area (Å²) < 4.78 is 3.36. The Morgan fingerprint density at radius 1 is 1.23 bits per heavy atom. The first-order valence-electron chi connectivity index (χ1n) is 6.37. The van der Waals surface area contributed by atoms with Crippen LogP contribution in [-0.4, -0.2) is 20.9 Å². The third kappa shape index (κ3) is 3.20. The molecular formula is C15H10BrIN4O. The fourth-order valence-corrected chi connectivity index (χ4v) is 2.92. The minimum Gasteiger partial charge on any atom is -0.320 e. The van der Waals surface area contributed by atoms with E-state index in [4.69, 9.17) is 0 Å². The van der Waals surface area contributed by atoms with Gasteiger partial charge in [0, 0.05) is 8.04 Å². The van der Waals surface area contributed by atoms with E-state index in [0.717, 1.165) is 13.7 Å². The first-order chi connectivity index (χ1) is 10.6. The molecule has 0 atom stereocenters. The molecule has 1 amide bonds. The van der Waals surface area contributed by atoms with Crippen LogP contribution in [0, 0.1) is 3.57 Å². The molecule has 0 unspecified atom stereocenters. The lowest BCUT2D eigenvalue weighted by Gasteiger charge is -2.11. The standard InChI is InChI=1S/C15H10BrIN4O/c16-10-5-6-12(17)11(9-10)15(22)19-13-3-1-2-4-14(13)21-8-7-18-20-21/h1-9H,(H,19,22). The Bertz CT molecular complexity index is 820. The van der Waals surface area contributed by atoms with Crippen LogP contribution in [0.3, 0.4) is 0 Å². The van der Waals surface area contributed by atoms with Crippen LogP contribution in [0.5, 0.6) is 0 Å². The molecule has 0 radical (unpaired) electrons. The SMILES string of the molecule is O=C(Nc1ccccc1-n1ccnn1)c1cc(Br)ccc1I. The molecule has 1 aromatic heterocycles. The van der Waals surface area contributed by atoms with Crippen molar-refractivity contribution >= 4 is 50.1 Å². The average Bonchev–Trinajstić information content (AvgIpc) is 3.04. The van der Waals surface area contributed by atoms with Crippen LogP contribution in [0.1, 0.15) is 10.4 Å². The maximum atomic E-state index is 12.5. The van der Waals surface area contributed by atoms with Crippen molar-refractivity contribution in [1.82, 2.24) is 15.0 Å². The van der Waals surface area contributed by atoms with Gasteiger partial charge in [0.25, 0.3) is 5.91 Å². The summed E-state index contributed by atoms with van der Waals surface area (Å²) in [5.41, 5.74) is 2.05. The molecule has 5 nitrogen and oxygen atoms in total. The fourth-order valence-electron chi connectivity index (χ4n) is 1.98. The molecule has 1 heterocycles. The van der Waals surface area contributed by atoms with Crippen LogP contribution in [0.4, 0.5) is 5.69 Å². The van der Waals surface area contributed by atoms with Crippen LogP contribution in [0.15, 0.2) is 59.3 Å². The summed E-state index contributed by atoms with van der Waals surface area (Å²) in [6.07, 6.45) is 3.32. The number of carbonyl (C=O) groups excluding carboxylic acids is 1. The first kappa shape index (κ1) is 15.2. The van der Waals surface area contributed by atoms with Gasteiger partial charge in [0.1, 0.15) is 0 Å². The van der Waals surface area contributed by atoms with Gasteiger partial charge >= 0.3 is 0 Å². The number of amides is 1. The molecule has 0 fully saturated rings. The van der Waals surface area contributed by atoms with E-state index in [9.17, 15) is 4.79 Å². The van der Waals surface area contributed by atoms with Crippen molar-refractivity contribution in [2.75, 3.05) is 5.32 Å². The molecule has 3 rings (SSSR count). The molecule has 0 spiro atoms. The molecule has 0 saturated heterocycles. The zero-order chi connectivity index (χ0) is 15.5. The minimum atomic E-state index is -0.168. The van der Waals surface area contributed by atoms with Crippen molar-refractivity contribution in [2.24, 2.45) is 0 Å². The molecule has 22 heavy (non-hydrogen) atoms. The minimum absolute atomic E-state index is 0.168. The number of benzene rings is 2. The number of hydrogen-bond donors (Lipinski definition) is 1. The van der Waals surface area contributed by atoms with Gasteiger partial charge in [-0.3, -0.25) is 4.79 Å². The van der Waals surface area contributed by atoms with Crippen molar-refractivity contribution in [3.63, 3.8) is 0 Å². The van der Waals surface area contributed by atoms with E-state index < -0.39 is 0 Å². The third-order valence-corrected chi connectivity index (χ3v) is 4.43. The Morgan fingerprint density at radius 2 is 2.05 bits per heavy atom. The van der Waals surface area contributed by atoms with Gasteiger partial charge in [-0.15, -0.1) is 5.10 Å². The van der Waals surface area contributed by atoms with Crippen LogP contribution in [-0.2, 0) is 0 Å². The van der Waals surface area contributed by atoms with Gasteiger partial charge in [-0.25, -0.2) is 4.68 Å². The zero-order valence-electron chi connectivity index (χ0n) is 11.2. The van der Waals surface area contributed by atoms with Crippen LogP contribution in [0.25, 0.3) is 5.69 Å². The monoisotopic (exact) mass is 468 g/mol. The second-order valence-corrected chi connectivity index (χ2v) is 6.52. The van der Waals surface area contributed by atoms with E-state index in [1.165, 1.54) is 0 Å². The number of halogens is 2. The number of carbonyl (C=O) groups is 1. The van der Waals surface area contributed by atoms with Gasteiger partial charge in [0.05, 0.1) is 29.3 Å². The Kier molecular flexibility index (Phi) is 4.53. The van der Waals surface area contributed by atoms with E-state index in [1.807, 2.05) is 36.4 Å². The van der Waals surface area contributed by atoms with Crippen molar-refractivity contribution in [2.45, 2.75) is 0 Å². The highest BCUT2D eigenvalue weighted by atomic mass is 127. The number of para-hydroxylation sites is 2. The smallest absolute Gasteiger partial charge is 0.256 e. The van der Waals surface area contributed by atoms with Crippen molar-refractivity contribution in [1.29, 1.82) is 0 Å². The van der Waals surface area contributed by atoms with E-state index in [2.05, 4.69) is 54.1 Å². The molecule has 7 heteroatoms. The summed E-state index contributed by atoms with van der Waals surface area (Å²) in [6.45, 7) is 0. The predicted octanol–water partition coefficient (Wildman–Crippen LogP) is 3.89. The lowest BCUT2D eigenvalue weighted by Crippen LogP contribution is -2.15. The highest BCUT2D eigenvalue weighted by Gasteiger charge is 2.13. The summed E-state index contributed by atoms with van der Waals surface area (Å²) in [4.78, 5) is 12.5. The van der Waals surface area contributed by atoms with Gasteiger partial charge < -0.3 is 5.32 Å². The normalized spacial score (nSPS) is 10.5. The van der Waals surface area contributed by atoms with E-state index in [-0.39, 0.29) is 5.91 Å². The number of aromatic nitrogens is 3. The molecule has 0 aliphatic carbocycles. The molecule has 0 aliphatic heterocycles. The summed E-state index contributed by atoms with van der Waals surface area (Å²) in [7, 11) is 0. The van der Waals surface area contributed by atoms with Crippen molar-refractivity contribution < 1.29 is 4.79 Å². The highest BCUT2D eigenvalue weighted by Crippen LogP contribution is 2.22. The molecular weight excluding hydrogens is 459 g/mol. The maximum absolute atomic E-state index is 12.5. The van der Waals surface area contributed by atoms with Crippen LogP contribution < -0.4 is 5.32 Å². The largest absolute Gasteiger partial charge is 0.320 e. The molecule has 110 valence electrons. The van der Waals surface area contributed by atoms with Gasteiger partial charge in [-0.1, -0.05) is 33.3 Å². The number of rotatable bonds is 3. The van der Waals surface area contributed by atoms with Gasteiger partial charge in [0.2, 0.25) is 0 Å². The quantitative estimate of drug-likeness (QED) is 0.593. The molecule has 1 N–H and O–H groups in total. The lowest BCUT2D eigenvalue weighted by atomic mass is 10.2. The number of hydrogen-bond acceptors (Lipinski definition) is 3. The number of anilines is 1. The zero-order valence-corrected chi connectivity index (χ0v) is 14.9. The first-order valence-corrected chi connectivity index (χ1v) is 8.24. The molecule has 0 aliphatic rings. The molecule has 0 bridgehead atoms. The van der Waals surface area contributed by atoms with Crippen LogP contribution >= 0.6 is 38.5 Å². The fraction of sp³-hybridized carbons (Fsp3) is 0. The Labute approximate surface area is 149 Å². The number of nitrogens with one attached hydrogen (secondary N) is 1. The van der Waals surface area contributed by atoms with E-state index in [1.54, 1.807) is 23.1 Å². The predicted molar refractivity (Wildman–Crippen MR) is 96.2 cm³/mol. The highest BCUT2D eigenvalue weighted by molar-refractivity contribution is 14.1. The average molecular weight is 469 g/mol. The van der Waals surface area contributed by atoms with Crippen molar-refractivity contribution in [3.8, 4) is 5.69 Å². The van der Waals surface area contributed by atoms with Crippen molar-refractivity contribution in [3.05, 3.63) is 68.5 Å². The second kappa shape index (κ2) is 6.57. The number of nitrogens with zero attached hydrogens (tertiary/aromatic N) is 3. The Morgan fingerprint density at radius 3 is 2.82 bits per heavy atom. The molecule has 2 aromatic carbocycles. The van der Waals surface area contributed by atoms with Gasteiger partial charge in [-0.05, 0) is 52.9 Å². The summed E-state index contributed by atoms with van der Waals surface area (Å²) in [6, 6.07) is 13.0. The summed E-state index contributed by atoms with van der Waals surface area (Å²) in [5, 5.41) is 10.7. The molecule has 3 aromatic rings. The van der Waals surface area contributed by atoms with Gasteiger partial charge in [-0.2, -0.15) is 0 Å². The van der Waals surface area contributed by atoms with Gasteiger partial charge in [0.15, 0.2) is 0 Å². The summed E-state index contributed by atoms with van der Waals surface area (Å²) in [5.74, 6) is -0.168. The summed E-state index contributed by atoms with van der Waals surface area (Å²) >= 11 is 5.54. The lowest BCUT2D eigenvalue weighted by molar-refractivity contribution is 0.102.